The summed E-state index contributed by atoms with van der Waals surface area (Å²) >= 11 is 1.65. The predicted octanol–water partition coefficient (Wildman–Crippen LogP) is 2.13. The number of hydrogen-bond acceptors (Lipinski definition) is 2. The third kappa shape index (κ3) is 3.06. The lowest BCUT2D eigenvalue weighted by molar-refractivity contribution is 0.238. The molecule has 1 atom stereocenters. The minimum atomic E-state index is -0.108. The lowest BCUT2D eigenvalue weighted by Gasteiger charge is -2.11. The molecule has 1 unspecified atom stereocenters. The second-order valence-electron chi connectivity index (χ2n) is 2.74. The van der Waals surface area contributed by atoms with E-state index >= 15 is 0 Å². The third-order valence-corrected chi connectivity index (χ3v) is 2.71. The average Bonchev–Trinajstić information content (AvgIpc) is 2.55. The number of rotatable bonds is 3. The summed E-state index contributed by atoms with van der Waals surface area (Å²) in [7, 11) is 0. The Morgan fingerprint density at radius 1 is 1.69 bits per heavy atom. The highest BCUT2D eigenvalue weighted by Gasteiger charge is 2.08. The van der Waals surface area contributed by atoms with Gasteiger partial charge in [0.1, 0.15) is 0 Å². The smallest absolute Gasteiger partial charge is 0.315 e. The zero-order chi connectivity index (χ0) is 9.68. The Hall–Kier alpha value is -1.03. The summed E-state index contributed by atoms with van der Waals surface area (Å²) in [5.74, 6) is 0. The van der Waals surface area contributed by atoms with Crippen molar-refractivity contribution in [1.82, 2.24) is 10.6 Å². The molecule has 13 heavy (non-hydrogen) atoms. The molecule has 0 aliphatic heterocycles. The van der Waals surface area contributed by atoms with Crippen molar-refractivity contribution in [2.45, 2.75) is 19.9 Å². The Bertz CT molecular complexity index is 259. The first-order chi connectivity index (χ1) is 6.24. The summed E-state index contributed by atoms with van der Waals surface area (Å²) in [4.78, 5) is 12.3. The van der Waals surface area contributed by atoms with Crippen LogP contribution in [0.1, 0.15) is 24.8 Å². The van der Waals surface area contributed by atoms with Gasteiger partial charge in [0, 0.05) is 11.4 Å². The summed E-state index contributed by atoms with van der Waals surface area (Å²) in [5, 5.41) is 7.54. The van der Waals surface area contributed by atoms with Crippen molar-refractivity contribution < 1.29 is 4.79 Å². The number of nitrogens with one attached hydrogen (secondary N) is 2. The Balaban J connectivity index is 2.42. The van der Waals surface area contributed by atoms with Gasteiger partial charge in [0.15, 0.2) is 0 Å². The van der Waals surface area contributed by atoms with Crippen LogP contribution in [0.5, 0.6) is 0 Å². The van der Waals surface area contributed by atoms with Crippen LogP contribution in [0.2, 0.25) is 0 Å². The summed E-state index contributed by atoms with van der Waals surface area (Å²) in [6, 6.07) is 3.98. The molecular weight excluding hydrogens is 184 g/mol. The summed E-state index contributed by atoms with van der Waals surface area (Å²) in [6.07, 6.45) is 0. The van der Waals surface area contributed by atoms with Gasteiger partial charge in [0.2, 0.25) is 0 Å². The van der Waals surface area contributed by atoms with Gasteiger partial charge in [-0.15, -0.1) is 11.3 Å². The molecule has 0 aromatic carbocycles. The zero-order valence-electron chi connectivity index (χ0n) is 7.83. The molecule has 2 N–H and O–H groups in total. The minimum absolute atomic E-state index is 0.0894. The van der Waals surface area contributed by atoms with E-state index in [1.54, 1.807) is 11.3 Å². The van der Waals surface area contributed by atoms with Crippen molar-refractivity contribution in [3.8, 4) is 0 Å². The van der Waals surface area contributed by atoms with Gasteiger partial charge in [-0.2, -0.15) is 0 Å². The van der Waals surface area contributed by atoms with Gasteiger partial charge < -0.3 is 10.6 Å². The lowest BCUT2D eigenvalue weighted by Crippen LogP contribution is -2.36. The first kappa shape index (κ1) is 10.1. The highest BCUT2D eigenvalue weighted by atomic mass is 32.1. The number of carbonyl (C=O) groups is 1. The maximum atomic E-state index is 11.1. The molecule has 0 aliphatic carbocycles. The minimum Gasteiger partial charge on any atom is -0.338 e. The van der Waals surface area contributed by atoms with E-state index in [2.05, 4.69) is 10.6 Å². The molecule has 3 nitrogen and oxygen atoms in total. The molecule has 0 saturated heterocycles. The molecule has 0 fully saturated rings. The van der Waals surface area contributed by atoms with Crippen LogP contribution in [0.3, 0.4) is 0 Å². The van der Waals surface area contributed by atoms with Crippen LogP contribution < -0.4 is 10.6 Å². The number of hydrogen-bond donors (Lipinski definition) is 2. The van der Waals surface area contributed by atoms with Gasteiger partial charge in [0.25, 0.3) is 0 Å². The first-order valence-corrected chi connectivity index (χ1v) is 5.19. The maximum Gasteiger partial charge on any atom is 0.315 e. The largest absolute Gasteiger partial charge is 0.338 e. The number of carbonyl (C=O) groups excluding carboxylic acids is 1. The van der Waals surface area contributed by atoms with E-state index in [0.29, 0.717) is 6.54 Å². The summed E-state index contributed by atoms with van der Waals surface area (Å²) < 4.78 is 0. The van der Waals surface area contributed by atoms with E-state index in [4.69, 9.17) is 0 Å². The van der Waals surface area contributed by atoms with Gasteiger partial charge >= 0.3 is 6.03 Å². The molecular formula is C9H14N2OS. The predicted molar refractivity (Wildman–Crippen MR) is 54.9 cm³/mol. The van der Waals surface area contributed by atoms with Crippen molar-refractivity contribution in [2.24, 2.45) is 0 Å². The van der Waals surface area contributed by atoms with Crippen molar-refractivity contribution in [1.29, 1.82) is 0 Å². The highest BCUT2D eigenvalue weighted by Crippen LogP contribution is 2.17. The van der Waals surface area contributed by atoms with Gasteiger partial charge in [-0.05, 0) is 25.3 Å². The SMILES string of the molecule is CCNC(=O)NC(C)c1cccs1. The Kier molecular flexibility index (Phi) is 3.76. The van der Waals surface area contributed by atoms with E-state index in [0.717, 1.165) is 0 Å². The summed E-state index contributed by atoms with van der Waals surface area (Å²) in [5.41, 5.74) is 0. The molecule has 1 rings (SSSR count). The third-order valence-electron chi connectivity index (χ3n) is 1.65. The molecule has 4 heteroatoms. The zero-order valence-corrected chi connectivity index (χ0v) is 8.65. The van der Waals surface area contributed by atoms with Crippen molar-refractivity contribution in [3.05, 3.63) is 22.4 Å². The molecule has 2 amide bonds. The summed E-state index contributed by atoms with van der Waals surface area (Å²) in [6.45, 7) is 4.53. The van der Waals surface area contributed by atoms with Crippen molar-refractivity contribution >= 4 is 17.4 Å². The number of thiophene rings is 1. The molecule has 0 spiro atoms. The molecule has 0 saturated carbocycles. The quantitative estimate of drug-likeness (QED) is 0.767. The molecule has 0 bridgehead atoms. The van der Waals surface area contributed by atoms with E-state index in [1.165, 1.54) is 4.88 Å². The fourth-order valence-corrected chi connectivity index (χ4v) is 1.75. The highest BCUT2D eigenvalue weighted by molar-refractivity contribution is 7.10. The van der Waals surface area contributed by atoms with Gasteiger partial charge in [-0.3, -0.25) is 0 Å². The monoisotopic (exact) mass is 198 g/mol. The normalized spacial score (nSPS) is 12.2. The lowest BCUT2D eigenvalue weighted by atomic mass is 10.3. The number of urea groups is 1. The Morgan fingerprint density at radius 2 is 2.46 bits per heavy atom. The van der Waals surface area contributed by atoms with Crippen LogP contribution in [-0.2, 0) is 0 Å². The fraction of sp³-hybridized carbons (Fsp3) is 0.444. The maximum absolute atomic E-state index is 11.1. The van der Waals surface area contributed by atoms with Crippen LogP contribution in [0.4, 0.5) is 4.79 Å². The van der Waals surface area contributed by atoms with Crippen LogP contribution in [0.15, 0.2) is 17.5 Å². The number of amides is 2. The molecule has 0 radical (unpaired) electrons. The second-order valence-corrected chi connectivity index (χ2v) is 3.72. The van der Waals surface area contributed by atoms with Crippen LogP contribution >= 0.6 is 11.3 Å². The van der Waals surface area contributed by atoms with Gasteiger partial charge in [-0.25, -0.2) is 4.79 Å². The first-order valence-electron chi connectivity index (χ1n) is 4.31. The standard InChI is InChI=1S/C9H14N2OS/c1-3-10-9(12)11-7(2)8-5-4-6-13-8/h4-7H,3H2,1-2H3,(H2,10,11,12). The van der Waals surface area contributed by atoms with E-state index in [1.807, 2.05) is 31.4 Å². The topological polar surface area (TPSA) is 41.1 Å². The van der Waals surface area contributed by atoms with Gasteiger partial charge in [-0.1, -0.05) is 6.07 Å². The van der Waals surface area contributed by atoms with Crippen LogP contribution in [-0.4, -0.2) is 12.6 Å². The van der Waals surface area contributed by atoms with Gasteiger partial charge in [0.05, 0.1) is 6.04 Å². The van der Waals surface area contributed by atoms with Crippen molar-refractivity contribution in [3.63, 3.8) is 0 Å². The second kappa shape index (κ2) is 4.87. The van der Waals surface area contributed by atoms with E-state index < -0.39 is 0 Å². The van der Waals surface area contributed by atoms with Crippen molar-refractivity contribution in [2.75, 3.05) is 6.54 Å². The molecule has 1 aromatic heterocycles. The molecule has 0 aliphatic rings. The average molecular weight is 198 g/mol. The van der Waals surface area contributed by atoms with E-state index in [-0.39, 0.29) is 12.1 Å². The van der Waals surface area contributed by atoms with E-state index in [9.17, 15) is 4.79 Å². The van der Waals surface area contributed by atoms with Crippen LogP contribution in [0, 0.1) is 0 Å². The molecule has 1 aromatic rings. The Morgan fingerprint density at radius 3 is 3.00 bits per heavy atom. The van der Waals surface area contributed by atoms with Crippen LogP contribution in [0.25, 0.3) is 0 Å². The Labute approximate surface area is 82.2 Å². The fourth-order valence-electron chi connectivity index (χ4n) is 1.02. The molecule has 72 valence electrons. The molecule has 1 heterocycles.